The van der Waals surface area contributed by atoms with E-state index in [1.807, 2.05) is 32.0 Å². The summed E-state index contributed by atoms with van der Waals surface area (Å²) in [4.78, 5) is 7.32. The van der Waals surface area contributed by atoms with Crippen LogP contribution in [0.5, 0.6) is 0 Å². The zero-order valence-electron chi connectivity index (χ0n) is 14.3. The molecule has 0 amide bonds. The number of nitrogens with one attached hydrogen (secondary N) is 3. The molecule has 0 saturated heterocycles. The van der Waals surface area contributed by atoms with Crippen molar-refractivity contribution in [3.63, 3.8) is 0 Å². The van der Waals surface area contributed by atoms with E-state index >= 15 is 0 Å². The quantitative estimate of drug-likeness (QED) is 0.661. The Kier molecular flexibility index (Phi) is 3.56. The Morgan fingerprint density at radius 1 is 1.08 bits per heavy atom. The maximum Gasteiger partial charge on any atom is 0.158 e. The van der Waals surface area contributed by atoms with Gasteiger partial charge in [0.05, 0.1) is 34.7 Å². The fourth-order valence-electron chi connectivity index (χ4n) is 3.41. The molecule has 0 bridgehead atoms. The van der Waals surface area contributed by atoms with Crippen LogP contribution in [-0.4, -0.2) is 20.2 Å². The molecule has 0 aliphatic carbocycles. The van der Waals surface area contributed by atoms with E-state index in [1.165, 1.54) is 0 Å². The summed E-state index contributed by atoms with van der Waals surface area (Å²) in [7, 11) is 0. The molecule has 0 radical (unpaired) electrons. The smallest absolute Gasteiger partial charge is 0.158 e. The second kappa shape index (κ2) is 5.91. The van der Waals surface area contributed by atoms with Crippen LogP contribution in [0.3, 0.4) is 0 Å². The Hall–Kier alpha value is -3.84. The van der Waals surface area contributed by atoms with Gasteiger partial charge >= 0.3 is 0 Å². The molecule has 4 rings (SSSR count). The summed E-state index contributed by atoms with van der Waals surface area (Å²) in [6, 6.07) is 10.3. The highest BCUT2D eigenvalue weighted by molar-refractivity contribution is 5.92. The first-order valence-electron chi connectivity index (χ1n) is 8.10. The van der Waals surface area contributed by atoms with Gasteiger partial charge in [0.15, 0.2) is 5.82 Å². The molecule has 1 aromatic carbocycles. The average Bonchev–Trinajstić information content (AvgIpc) is 3.29. The summed E-state index contributed by atoms with van der Waals surface area (Å²) in [6.45, 7) is 3.71. The number of benzene rings is 1. The Morgan fingerprint density at radius 3 is 2.42 bits per heavy atom. The van der Waals surface area contributed by atoms with Crippen molar-refractivity contribution in [3.05, 3.63) is 58.7 Å². The molecule has 2 aromatic heterocycles. The van der Waals surface area contributed by atoms with E-state index in [-0.39, 0.29) is 0 Å². The Labute approximate surface area is 149 Å². The molecule has 7 heteroatoms. The van der Waals surface area contributed by atoms with Crippen LogP contribution in [0.1, 0.15) is 25.3 Å². The minimum atomic E-state index is -0.394. The van der Waals surface area contributed by atoms with Crippen molar-refractivity contribution in [1.82, 2.24) is 25.5 Å². The van der Waals surface area contributed by atoms with E-state index in [9.17, 15) is 10.5 Å². The van der Waals surface area contributed by atoms with E-state index in [4.69, 9.17) is 0 Å². The molecule has 0 spiro atoms. The summed E-state index contributed by atoms with van der Waals surface area (Å²) < 4.78 is 0. The number of fused-ring (bicyclic) bond motifs is 1. The van der Waals surface area contributed by atoms with Gasteiger partial charge in [0, 0.05) is 29.2 Å². The van der Waals surface area contributed by atoms with E-state index in [2.05, 4.69) is 37.6 Å². The first-order valence-corrected chi connectivity index (χ1v) is 8.10. The third-order valence-corrected chi connectivity index (χ3v) is 4.64. The first-order chi connectivity index (χ1) is 12.6. The second-order valence-electron chi connectivity index (χ2n) is 6.17. The Morgan fingerprint density at radius 2 is 1.81 bits per heavy atom. The van der Waals surface area contributed by atoms with Gasteiger partial charge in [-0.1, -0.05) is 6.07 Å². The predicted molar refractivity (Wildman–Crippen MR) is 96.2 cm³/mol. The van der Waals surface area contributed by atoms with Crippen LogP contribution in [0, 0.1) is 22.7 Å². The molecule has 3 N–H and O–H groups in total. The van der Waals surface area contributed by atoms with Crippen molar-refractivity contribution in [3.8, 4) is 23.7 Å². The molecule has 0 atom stereocenters. The Balaban J connectivity index is 1.93. The summed E-state index contributed by atoms with van der Waals surface area (Å²) in [5.41, 5.74) is 5.09. The number of nitriles is 2. The zero-order valence-corrected chi connectivity index (χ0v) is 14.3. The van der Waals surface area contributed by atoms with Crippen molar-refractivity contribution in [2.75, 3.05) is 0 Å². The van der Waals surface area contributed by atoms with Crippen LogP contribution in [-0.2, 0) is 0 Å². The maximum absolute atomic E-state index is 9.66. The summed E-state index contributed by atoms with van der Waals surface area (Å²) in [6.07, 6.45) is 3.42. The highest BCUT2D eigenvalue weighted by Crippen LogP contribution is 2.38. The molecule has 0 fully saturated rings. The van der Waals surface area contributed by atoms with E-state index < -0.39 is 5.92 Å². The number of hydrogen-bond acceptors (Lipinski definition) is 5. The Bertz CT molecular complexity index is 1110. The predicted octanol–water partition coefficient (Wildman–Crippen LogP) is 3.23. The van der Waals surface area contributed by atoms with Gasteiger partial charge in [0.25, 0.3) is 0 Å². The van der Waals surface area contributed by atoms with Crippen LogP contribution < -0.4 is 5.32 Å². The van der Waals surface area contributed by atoms with Crippen molar-refractivity contribution in [2.45, 2.75) is 19.8 Å². The molecule has 126 valence electrons. The lowest BCUT2D eigenvalue weighted by atomic mass is 9.81. The molecule has 1 aliphatic heterocycles. The van der Waals surface area contributed by atoms with Crippen molar-refractivity contribution < 1.29 is 0 Å². The van der Waals surface area contributed by atoms with Crippen LogP contribution >= 0.6 is 0 Å². The monoisotopic (exact) mass is 341 g/mol. The van der Waals surface area contributed by atoms with Crippen LogP contribution in [0.25, 0.3) is 22.4 Å². The minimum Gasteiger partial charge on any atom is -0.361 e. The fourth-order valence-corrected chi connectivity index (χ4v) is 3.41. The molecular formula is C19H15N7. The number of nitrogens with zero attached hydrogens (tertiary/aromatic N) is 4. The number of rotatable bonds is 2. The maximum atomic E-state index is 9.66. The number of allylic oxidation sites excluding steroid dienone is 4. The number of hydrogen-bond donors (Lipinski definition) is 3. The molecule has 3 aromatic rings. The third kappa shape index (κ3) is 2.27. The molecule has 3 heterocycles. The number of aromatic nitrogens is 4. The minimum absolute atomic E-state index is 0.394. The average molecular weight is 341 g/mol. The van der Waals surface area contributed by atoms with Gasteiger partial charge in [-0.25, -0.2) is 4.98 Å². The zero-order chi connectivity index (χ0) is 18.3. The van der Waals surface area contributed by atoms with Crippen molar-refractivity contribution >= 4 is 10.9 Å². The lowest BCUT2D eigenvalue weighted by Gasteiger charge is -2.26. The second-order valence-corrected chi connectivity index (χ2v) is 6.17. The van der Waals surface area contributed by atoms with Gasteiger partial charge in [0.2, 0.25) is 0 Å². The number of dihydropyridines is 1. The van der Waals surface area contributed by atoms with Crippen LogP contribution in [0.4, 0.5) is 0 Å². The van der Waals surface area contributed by atoms with Crippen molar-refractivity contribution in [2.24, 2.45) is 0 Å². The molecular weight excluding hydrogens is 326 g/mol. The van der Waals surface area contributed by atoms with Gasteiger partial charge in [-0.05, 0) is 31.5 Å². The van der Waals surface area contributed by atoms with Gasteiger partial charge in [-0.2, -0.15) is 15.6 Å². The van der Waals surface area contributed by atoms with Crippen LogP contribution in [0.15, 0.2) is 53.1 Å². The van der Waals surface area contributed by atoms with E-state index in [0.29, 0.717) is 22.7 Å². The molecule has 1 aliphatic rings. The normalized spacial score (nSPS) is 15.1. The first kappa shape index (κ1) is 15.7. The third-order valence-electron chi connectivity index (χ3n) is 4.64. The van der Waals surface area contributed by atoms with Gasteiger partial charge < -0.3 is 10.3 Å². The molecule has 0 unspecified atom stereocenters. The number of imidazole rings is 1. The van der Waals surface area contributed by atoms with Gasteiger partial charge in [-0.3, -0.25) is 5.10 Å². The van der Waals surface area contributed by atoms with Crippen molar-refractivity contribution in [1.29, 1.82) is 10.5 Å². The molecule has 0 saturated carbocycles. The highest BCUT2D eigenvalue weighted by Gasteiger charge is 2.29. The molecule has 7 nitrogen and oxygen atoms in total. The topological polar surface area (TPSA) is 117 Å². The van der Waals surface area contributed by atoms with Gasteiger partial charge in [-0.15, -0.1) is 0 Å². The lowest BCUT2D eigenvalue weighted by Crippen LogP contribution is -2.23. The summed E-state index contributed by atoms with van der Waals surface area (Å²) in [5, 5.41) is 30.7. The standard InChI is InChI=1S/C19H15N7/c1-10-14(8-20)17(15(9-21)11(2)24-10)12-3-4-16-13(7-12)18(26-25-16)19-22-5-6-23-19/h3-7,17,24H,1-2H3,(H,22,23)(H,25,26). The van der Waals surface area contributed by atoms with Crippen LogP contribution in [0.2, 0.25) is 0 Å². The SMILES string of the molecule is CC1=C(C#N)C(c2ccc3[nH]nc(-c4ncc[nH]4)c3c2)C(C#N)=C(C)N1. The highest BCUT2D eigenvalue weighted by atomic mass is 15.1. The number of H-pyrrole nitrogens is 2. The molecule has 26 heavy (non-hydrogen) atoms. The fraction of sp³-hybridized carbons (Fsp3) is 0.158. The summed E-state index contributed by atoms with van der Waals surface area (Å²) >= 11 is 0. The number of aromatic amines is 2. The van der Waals surface area contributed by atoms with Gasteiger partial charge in [0.1, 0.15) is 5.69 Å². The largest absolute Gasteiger partial charge is 0.361 e. The van der Waals surface area contributed by atoms with E-state index in [1.54, 1.807) is 12.4 Å². The van der Waals surface area contributed by atoms with E-state index in [0.717, 1.165) is 27.9 Å². The summed E-state index contributed by atoms with van der Waals surface area (Å²) in [5.74, 6) is 0.271. The lowest BCUT2D eigenvalue weighted by molar-refractivity contribution is 0.815.